The summed E-state index contributed by atoms with van der Waals surface area (Å²) in [4.78, 5) is 26.2. The number of allylic oxidation sites excluding steroid dienone is 3. The van der Waals surface area contributed by atoms with Crippen LogP contribution < -0.4 is 11.2 Å². The predicted molar refractivity (Wildman–Crippen MR) is 99.1 cm³/mol. The Kier molecular flexibility index (Phi) is 5.54. The quantitative estimate of drug-likeness (QED) is 0.565. The molecule has 6 nitrogen and oxygen atoms in total. The van der Waals surface area contributed by atoms with Crippen molar-refractivity contribution in [3.63, 3.8) is 0 Å². The van der Waals surface area contributed by atoms with Crippen molar-refractivity contribution in [2.24, 2.45) is 11.7 Å². The minimum atomic E-state index is -0.812. The summed E-state index contributed by atoms with van der Waals surface area (Å²) in [6, 6.07) is 7.15. The number of nitrogens with one attached hydrogen (secondary N) is 1. The van der Waals surface area contributed by atoms with Crippen LogP contribution in [0.1, 0.15) is 30.9 Å². The van der Waals surface area contributed by atoms with Gasteiger partial charge in [0.15, 0.2) is 0 Å². The van der Waals surface area contributed by atoms with Gasteiger partial charge in [0.1, 0.15) is 6.04 Å². The van der Waals surface area contributed by atoms with E-state index in [2.05, 4.69) is 37.3 Å². The third-order valence-electron chi connectivity index (χ3n) is 5.22. The minimum Gasteiger partial charge on any atom is -0.328 e. The summed E-state index contributed by atoms with van der Waals surface area (Å²) in [6.45, 7) is 2.55. The van der Waals surface area contributed by atoms with Crippen molar-refractivity contribution in [3.8, 4) is 0 Å². The average Bonchev–Trinajstić information content (AvgIpc) is 3.08. The lowest BCUT2D eigenvalue weighted by Crippen LogP contribution is -2.53. The average molecular weight is 355 g/mol. The second-order valence-corrected chi connectivity index (χ2v) is 6.82. The SMILES string of the molecule is CCc1ccc(C2=CCC(C(=O)N3CC[C@@H](N)[C@H]3C(=O)NO)C=C2)cc1. The Labute approximate surface area is 153 Å². The Hall–Kier alpha value is -2.44. The molecule has 2 amide bonds. The number of likely N-dealkylation sites (tertiary alicyclic amines) is 1. The fourth-order valence-corrected chi connectivity index (χ4v) is 3.63. The number of hydroxylamine groups is 1. The summed E-state index contributed by atoms with van der Waals surface area (Å²) < 4.78 is 0. The van der Waals surface area contributed by atoms with E-state index in [1.165, 1.54) is 10.5 Å². The first-order valence-electron chi connectivity index (χ1n) is 9.02. The molecule has 2 aliphatic rings. The Morgan fingerprint density at radius 2 is 2.04 bits per heavy atom. The summed E-state index contributed by atoms with van der Waals surface area (Å²) in [5.74, 6) is -1.07. The van der Waals surface area contributed by atoms with Gasteiger partial charge in [0.05, 0.1) is 5.92 Å². The number of amides is 2. The van der Waals surface area contributed by atoms with Crippen LogP contribution in [-0.2, 0) is 16.0 Å². The van der Waals surface area contributed by atoms with E-state index in [0.29, 0.717) is 19.4 Å². The van der Waals surface area contributed by atoms with Gasteiger partial charge >= 0.3 is 0 Å². The van der Waals surface area contributed by atoms with Crippen LogP contribution >= 0.6 is 0 Å². The van der Waals surface area contributed by atoms with Gasteiger partial charge in [-0.15, -0.1) is 0 Å². The van der Waals surface area contributed by atoms with Crippen LogP contribution in [-0.4, -0.2) is 40.5 Å². The number of carbonyl (C=O) groups is 2. The Balaban J connectivity index is 1.69. The molecule has 1 fully saturated rings. The van der Waals surface area contributed by atoms with Gasteiger partial charge in [0, 0.05) is 12.6 Å². The standard InChI is InChI=1S/C20H25N3O3/c1-2-13-3-5-14(6-4-13)15-7-9-16(10-8-15)20(25)23-12-11-17(21)18(23)19(24)22-26/h3-9,16-18,26H,2,10-12,21H2,1H3,(H,22,24)/t16?,17-,18+/m1/s1. The lowest BCUT2D eigenvalue weighted by molar-refractivity contribution is -0.144. The van der Waals surface area contributed by atoms with E-state index in [-0.39, 0.29) is 11.8 Å². The second kappa shape index (κ2) is 7.85. The molecule has 1 aromatic carbocycles. The van der Waals surface area contributed by atoms with Gasteiger partial charge in [-0.2, -0.15) is 0 Å². The van der Waals surface area contributed by atoms with E-state index in [9.17, 15) is 9.59 Å². The van der Waals surface area contributed by atoms with Gasteiger partial charge in [-0.25, -0.2) is 5.48 Å². The van der Waals surface area contributed by atoms with Crippen molar-refractivity contribution >= 4 is 17.4 Å². The molecule has 1 saturated heterocycles. The van der Waals surface area contributed by atoms with E-state index < -0.39 is 18.0 Å². The summed E-state index contributed by atoms with van der Waals surface area (Å²) in [5.41, 5.74) is 11.1. The summed E-state index contributed by atoms with van der Waals surface area (Å²) >= 11 is 0. The highest BCUT2D eigenvalue weighted by atomic mass is 16.5. The van der Waals surface area contributed by atoms with E-state index >= 15 is 0 Å². The number of rotatable bonds is 4. The van der Waals surface area contributed by atoms with Gasteiger partial charge in [0.25, 0.3) is 5.91 Å². The van der Waals surface area contributed by atoms with Crippen LogP contribution in [0.3, 0.4) is 0 Å². The molecule has 6 heteroatoms. The largest absolute Gasteiger partial charge is 0.328 e. The van der Waals surface area contributed by atoms with Crippen molar-refractivity contribution in [3.05, 3.63) is 53.6 Å². The molecule has 1 aromatic rings. The summed E-state index contributed by atoms with van der Waals surface area (Å²) in [6.07, 6.45) is 8.05. The Morgan fingerprint density at radius 3 is 2.62 bits per heavy atom. The number of hydrogen-bond acceptors (Lipinski definition) is 4. The molecular weight excluding hydrogens is 330 g/mol. The monoisotopic (exact) mass is 355 g/mol. The Morgan fingerprint density at radius 1 is 1.31 bits per heavy atom. The zero-order chi connectivity index (χ0) is 18.7. The highest BCUT2D eigenvalue weighted by Gasteiger charge is 2.41. The molecule has 138 valence electrons. The molecule has 3 atom stereocenters. The topological polar surface area (TPSA) is 95.7 Å². The van der Waals surface area contributed by atoms with Crippen molar-refractivity contribution < 1.29 is 14.8 Å². The molecule has 4 N–H and O–H groups in total. The number of hydrogen-bond donors (Lipinski definition) is 3. The smallest absolute Gasteiger partial charge is 0.267 e. The maximum absolute atomic E-state index is 12.8. The van der Waals surface area contributed by atoms with Crippen LogP contribution in [0.25, 0.3) is 5.57 Å². The van der Waals surface area contributed by atoms with Crippen LogP contribution in [0.15, 0.2) is 42.5 Å². The van der Waals surface area contributed by atoms with Crippen LogP contribution in [0, 0.1) is 5.92 Å². The lowest BCUT2D eigenvalue weighted by atomic mass is 9.91. The van der Waals surface area contributed by atoms with E-state index in [4.69, 9.17) is 10.9 Å². The molecule has 0 spiro atoms. The molecule has 1 aliphatic heterocycles. The number of nitrogens with zero attached hydrogens (tertiary/aromatic N) is 1. The maximum atomic E-state index is 12.8. The first-order valence-corrected chi connectivity index (χ1v) is 9.02. The third-order valence-corrected chi connectivity index (χ3v) is 5.22. The highest BCUT2D eigenvalue weighted by molar-refractivity contribution is 5.91. The molecule has 1 aliphatic carbocycles. The number of carbonyl (C=O) groups excluding carboxylic acids is 2. The molecule has 0 aromatic heterocycles. The predicted octanol–water partition coefficient (Wildman–Crippen LogP) is 1.64. The van der Waals surface area contributed by atoms with Crippen LogP contribution in [0.2, 0.25) is 0 Å². The number of aryl methyl sites for hydroxylation is 1. The van der Waals surface area contributed by atoms with Gasteiger partial charge in [-0.1, -0.05) is 49.4 Å². The van der Waals surface area contributed by atoms with E-state index in [0.717, 1.165) is 17.6 Å². The second-order valence-electron chi connectivity index (χ2n) is 6.82. The molecule has 1 unspecified atom stereocenters. The number of nitrogens with two attached hydrogens (primary N) is 1. The minimum absolute atomic E-state index is 0.126. The highest BCUT2D eigenvalue weighted by Crippen LogP contribution is 2.28. The Bertz CT molecular complexity index is 739. The normalized spacial score (nSPS) is 25.1. The molecule has 26 heavy (non-hydrogen) atoms. The number of benzene rings is 1. The van der Waals surface area contributed by atoms with Crippen molar-refractivity contribution in [2.45, 2.75) is 38.3 Å². The zero-order valence-corrected chi connectivity index (χ0v) is 14.9. The van der Waals surface area contributed by atoms with Crippen LogP contribution in [0.5, 0.6) is 0 Å². The molecule has 0 radical (unpaired) electrons. The first kappa shape index (κ1) is 18.4. The lowest BCUT2D eigenvalue weighted by Gasteiger charge is -2.28. The summed E-state index contributed by atoms with van der Waals surface area (Å²) in [7, 11) is 0. The van der Waals surface area contributed by atoms with Gasteiger partial charge in [0.2, 0.25) is 5.91 Å². The molecule has 1 heterocycles. The zero-order valence-electron chi connectivity index (χ0n) is 14.9. The van der Waals surface area contributed by atoms with Crippen molar-refractivity contribution in [1.82, 2.24) is 10.4 Å². The van der Waals surface area contributed by atoms with Gasteiger partial charge in [-0.05, 0) is 36.0 Å². The van der Waals surface area contributed by atoms with E-state index in [1.54, 1.807) is 5.48 Å². The van der Waals surface area contributed by atoms with Crippen LogP contribution in [0.4, 0.5) is 0 Å². The fourth-order valence-electron chi connectivity index (χ4n) is 3.63. The maximum Gasteiger partial charge on any atom is 0.267 e. The summed E-state index contributed by atoms with van der Waals surface area (Å²) in [5, 5.41) is 8.90. The van der Waals surface area contributed by atoms with Gasteiger partial charge < -0.3 is 10.6 Å². The third kappa shape index (κ3) is 3.57. The van der Waals surface area contributed by atoms with Gasteiger partial charge in [-0.3, -0.25) is 14.8 Å². The molecular formula is C20H25N3O3. The van der Waals surface area contributed by atoms with E-state index in [1.807, 2.05) is 12.2 Å². The molecule has 3 rings (SSSR count). The first-order chi connectivity index (χ1) is 12.5. The molecule has 0 saturated carbocycles. The van der Waals surface area contributed by atoms with Crippen molar-refractivity contribution in [2.75, 3.05) is 6.54 Å². The molecule has 0 bridgehead atoms. The fraction of sp³-hybridized carbons (Fsp3) is 0.400. The van der Waals surface area contributed by atoms with Crippen molar-refractivity contribution in [1.29, 1.82) is 0 Å².